The number of aromatic nitrogens is 2. The number of aryl methyl sites for hydroxylation is 1. The average molecular weight is 525 g/mol. The molecule has 4 N–H and O–H groups in total. The Morgan fingerprint density at radius 1 is 1.14 bits per heavy atom. The number of carboxylic acids is 1. The lowest BCUT2D eigenvalue weighted by Crippen LogP contribution is -2.42. The van der Waals surface area contributed by atoms with Gasteiger partial charge in [-0.25, -0.2) is 9.78 Å². The van der Waals surface area contributed by atoms with E-state index in [4.69, 9.17) is 11.6 Å². The summed E-state index contributed by atoms with van der Waals surface area (Å²) in [6.07, 6.45) is 1.80. The van der Waals surface area contributed by atoms with Gasteiger partial charge in [-0.3, -0.25) is 0 Å². The van der Waals surface area contributed by atoms with Crippen molar-refractivity contribution in [1.29, 1.82) is 0 Å². The van der Waals surface area contributed by atoms with E-state index in [0.29, 0.717) is 18.6 Å². The van der Waals surface area contributed by atoms with Gasteiger partial charge in [0.05, 0.1) is 34.1 Å². The molecule has 0 radical (unpaired) electrons. The topological polar surface area (TPSA) is 99.4 Å². The van der Waals surface area contributed by atoms with Crippen molar-refractivity contribution >= 4 is 46.2 Å². The molecule has 0 saturated carbocycles. The maximum Gasteiger partial charge on any atom is 0.337 e. The molecular weight excluding hydrogens is 496 g/mol. The standard InChI is InChI=1S/C27H29ClN4O3S/c1-27(2,11-12-32-17-29-23-14-21(26(34)35)22(28)15-24(23)32)30-16-25(33)18-7-6-8-19(13-18)31-36-20-9-4-3-5-10-20/h3-10,13-15,17,25,30-31,33H,11-12,16H2,1-2H3,(H,34,35)/t25-/m0/s1. The fourth-order valence-electron chi connectivity index (χ4n) is 3.82. The second-order valence-electron chi connectivity index (χ2n) is 9.24. The molecule has 0 amide bonds. The molecule has 0 bridgehead atoms. The van der Waals surface area contributed by atoms with Crippen LogP contribution in [0.4, 0.5) is 5.69 Å². The first-order chi connectivity index (χ1) is 17.2. The minimum absolute atomic E-state index is 0.0447. The smallest absolute Gasteiger partial charge is 0.337 e. The summed E-state index contributed by atoms with van der Waals surface area (Å²) < 4.78 is 5.29. The minimum atomic E-state index is -1.07. The number of hydrogen-bond donors (Lipinski definition) is 4. The number of aromatic carboxylic acids is 1. The van der Waals surface area contributed by atoms with E-state index in [-0.39, 0.29) is 16.1 Å². The molecule has 1 atom stereocenters. The lowest BCUT2D eigenvalue weighted by Gasteiger charge is -2.28. The van der Waals surface area contributed by atoms with Crippen LogP contribution >= 0.6 is 23.5 Å². The molecule has 0 aliphatic heterocycles. The van der Waals surface area contributed by atoms with Crippen LogP contribution < -0.4 is 10.0 Å². The zero-order valence-corrected chi connectivity index (χ0v) is 21.7. The van der Waals surface area contributed by atoms with Gasteiger partial charge in [0, 0.05) is 29.2 Å². The number of β-amino-alcohol motifs (C(OH)–C–C–N with tert-alkyl or cyclic N) is 1. The van der Waals surface area contributed by atoms with Crippen LogP contribution in [0.3, 0.4) is 0 Å². The van der Waals surface area contributed by atoms with E-state index in [1.165, 1.54) is 18.0 Å². The van der Waals surface area contributed by atoms with Crippen molar-refractivity contribution in [2.24, 2.45) is 0 Å². The number of aliphatic hydroxyl groups excluding tert-OH is 1. The van der Waals surface area contributed by atoms with Gasteiger partial charge in [0.15, 0.2) is 0 Å². The molecule has 36 heavy (non-hydrogen) atoms. The highest BCUT2D eigenvalue weighted by Crippen LogP contribution is 2.26. The molecule has 0 aliphatic rings. The number of benzene rings is 3. The molecule has 0 saturated heterocycles. The van der Waals surface area contributed by atoms with Crippen LogP contribution in [0.5, 0.6) is 0 Å². The number of anilines is 1. The molecule has 9 heteroatoms. The summed E-state index contributed by atoms with van der Waals surface area (Å²) in [5.74, 6) is -1.07. The molecule has 188 valence electrons. The minimum Gasteiger partial charge on any atom is -0.478 e. The summed E-state index contributed by atoms with van der Waals surface area (Å²) in [5.41, 5.74) is 2.93. The van der Waals surface area contributed by atoms with Crippen LogP contribution in [0.2, 0.25) is 5.02 Å². The van der Waals surface area contributed by atoms with Gasteiger partial charge in [-0.2, -0.15) is 0 Å². The van der Waals surface area contributed by atoms with Crippen LogP contribution in [0.15, 0.2) is 78.0 Å². The third kappa shape index (κ3) is 6.59. The van der Waals surface area contributed by atoms with Gasteiger partial charge in [0.1, 0.15) is 0 Å². The molecule has 0 unspecified atom stereocenters. The van der Waals surface area contributed by atoms with Crippen molar-refractivity contribution in [2.45, 2.75) is 43.4 Å². The summed E-state index contributed by atoms with van der Waals surface area (Å²) >= 11 is 7.68. The molecule has 3 aromatic carbocycles. The Hall–Kier alpha value is -3.04. The van der Waals surface area contributed by atoms with Gasteiger partial charge in [-0.05, 0) is 74.2 Å². The Kier molecular flexibility index (Phi) is 8.21. The highest BCUT2D eigenvalue weighted by Gasteiger charge is 2.20. The Balaban J connectivity index is 1.32. The Morgan fingerprint density at radius 2 is 1.92 bits per heavy atom. The molecule has 1 aromatic heterocycles. The van der Waals surface area contributed by atoms with Crippen molar-refractivity contribution in [1.82, 2.24) is 14.9 Å². The van der Waals surface area contributed by atoms with Gasteiger partial charge in [0.25, 0.3) is 0 Å². The van der Waals surface area contributed by atoms with Crippen molar-refractivity contribution in [2.75, 3.05) is 11.3 Å². The molecule has 4 aromatic rings. The maximum absolute atomic E-state index is 11.3. The quantitative estimate of drug-likeness (QED) is 0.179. The summed E-state index contributed by atoms with van der Waals surface area (Å²) in [6, 6.07) is 21.0. The van der Waals surface area contributed by atoms with Gasteiger partial charge < -0.3 is 24.8 Å². The summed E-state index contributed by atoms with van der Waals surface area (Å²) in [7, 11) is 0. The Morgan fingerprint density at radius 3 is 2.67 bits per heavy atom. The SMILES string of the molecule is CC(C)(CCn1cnc2cc(C(=O)O)c(Cl)cc21)NC[C@H](O)c1cccc(NSc2ccccc2)c1. The van der Waals surface area contributed by atoms with E-state index in [2.05, 4.69) is 28.9 Å². The highest BCUT2D eigenvalue weighted by atomic mass is 35.5. The van der Waals surface area contributed by atoms with Crippen LogP contribution in [0, 0.1) is 0 Å². The number of hydrogen-bond acceptors (Lipinski definition) is 6. The predicted molar refractivity (Wildman–Crippen MR) is 146 cm³/mol. The summed E-state index contributed by atoms with van der Waals surface area (Å²) in [6.45, 7) is 5.23. The van der Waals surface area contributed by atoms with Crippen molar-refractivity contribution < 1.29 is 15.0 Å². The monoisotopic (exact) mass is 524 g/mol. The van der Waals surface area contributed by atoms with Crippen LogP contribution in [0.1, 0.15) is 42.3 Å². The van der Waals surface area contributed by atoms with Crippen molar-refractivity contribution in [3.8, 4) is 0 Å². The zero-order chi connectivity index (χ0) is 25.7. The van der Waals surface area contributed by atoms with Crippen LogP contribution in [-0.2, 0) is 6.54 Å². The first-order valence-corrected chi connectivity index (χ1v) is 12.8. The third-order valence-electron chi connectivity index (χ3n) is 5.99. The fourth-order valence-corrected chi connectivity index (χ4v) is 4.71. The molecule has 4 rings (SSSR count). The lowest BCUT2D eigenvalue weighted by atomic mass is 9.99. The van der Waals surface area contributed by atoms with Gasteiger partial charge in [0.2, 0.25) is 0 Å². The molecule has 0 aliphatic carbocycles. The van der Waals surface area contributed by atoms with E-state index in [9.17, 15) is 15.0 Å². The maximum atomic E-state index is 11.3. The normalized spacial score (nSPS) is 12.6. The third-order valence-corrected chi connectivity index (χ3v) is 7.15. The number of imidazole rings is 1. The molecule has 7 nitrogen and oxygen atoms in total. The van der Waals surface area contributed by atoms with Gasteiger partial charge >= 0.3 is 5.97 Å². The fraction of sp³-hybridized carbons (Fsp3) is 0.259. The summed E-state index contributed by atoms with van der Waals surface area (Å²) in [4.78, 5) is 16.8. The number of fused-ring (bicyclic) bond motifs is 1. The number of rotatable bonds is 11. The number of aliphatic hydroxyl groups is 1. The number of nitrogens with zero attached hydrogens (tertiary/aromatic N) is 2. The first kappa shape index (κ1) is 26.0. The van der Waals surface area contributed by atoms with Crippen LogP contribution in [-0.4, -0.2) is 37.8 Å². The second kappa shape index (κ2) is 11.3. The van der Waals surface area contributed by atoms with Crippen LogP contribution in [0.25, 0.3) is 11.0 Å². The van der Waals surface area contributed by atoms with E-state index < -0.39 is 12.1 Å². The molecule has 0 fully saturated rings. The summed E-state index contributed by atoms with van der Waals surface area (Å²) in [5, 5.41) is 23.7. The first-order valence-electron chi connectivity index (χ1n) is 11.6. The number of carbonyl (C=O) groups is 1. The van der Waals surface area contributed by atoms with Gasteiger partial charge in [-0.1, -0.05) is 41.9 Å². The number of carboxylic acid groups (broad SMARTS) is 1. The number of nitrogens with one attached hydrogen (secondary N) is 2. The average Bonchev–Trinajstić information content (AvgIpc) is 3.26. The second-order valence-corrected chi connectivity index (χ2v) is 10.5. The molecule has 0 spiro atoms. The highest BCUT2D eigenvalue weighted by molar-refractivity contribution is 8.00. The zero-order valence-electron chi connectivity index (χ0n) is 20.1. The molecular formula is C27H29ClN4O3S. The van der Waals surface area contributed by atoms with Gasteiger partial charge in [-0.15, -0.1) is 0 Å². The lowest BCUT2D eigenvalue weighted by molar-refractivity contribution is 0.0697. The largest absolute Gasteiger partial charge is 0.478 e. The predicted octanol–water partition coefficient (Wildman–Crippen LogP) is 6.00. The van der Waals surface area contributed by atoms with E-state index in [1.807, 2.05) is 59.2 Å². The Labute approximate surface area is 219 Å². The van der Waals surface area contributed by atoms with Crippen molar-refractivity contribution in [3.63, 3.8) is 0 Å². The van der Waals surface area contributed by atoms with E-state index in [0.717, 1.165) is 28.1 Å². The van der Waals surface area contributed by atoms with E-state index in [1.54, 1.807) is 12.4 Å². The number of halogens is 1. The Bertz CT molecular complexity index is 1340. The molecule has 1 heterocycles. The van der Waals surface area contributed by atoms with E-state index >= 15 is 0 Å². The van der Waals surface area contributed by atoms with Crippen molar-refractivity contribution in [3.05, 3.63) is 89.2 Å².